The molecule has 10 heteroatoms. The number of amides is 2. The Morgan fingerprint density at radius 1 is 1.10 bits per heavy atom. The molecule has 2 amide bonds. The van der Waals surface area contributed by atoms with E-state index in [1.807, 2.05) is 5.38 Å². The fourth-order valence-electron chi connectivity index (χ4n) is 3.07. The molecule has 0 bridgehead atoms. The second-order valence-electron chi connectivity index (χ2n) is 6.59. The Hall–Kier alpha value is -2.30. The Balaban J connectivity index is 1.43. The molecule has 1 N–H and O–H groups in total. The fraction of sp³-hybridized carbons (Fsp3) is 0.368. The van der Waals surface area contributed by atoms with Crippen molar-refractivity contribution in [1.29, 1.82) is 0 Å². The molecule has 0 spiro atoms. The monoisotopic (exact) mass is 439 g/mol. The van der Waals surface area contributed by atoms with Gasteiger partial charge in [0, 0.05) is 50.1 Å². The maximum atomic E-state index is 13.9. The van der Waals surface area contributed by atoms with E-state index in [0.29, 0.717) is 18.5 Å². The number of hydrogen-bond acceptors (Lipinski definition) is 5. The van der Waals surface area contributed by atoms with Crippen molar-refractivity contribution in [2.75, 3.05) is 32.7 Å². The quantitative estimate of drug-likeness (QED) is 0.668. The first-order valence-corrected chi connectivity index (χ1v) is 11.6. The second-order valence-corrected chi connectivity index (χ2v) is 9.27. The molecular weight excluding hydrogens is 417 g/mol. The first kappa shape index (κ1) is 21.4. The third-order valence-corrected chi connectivity index (χ3v) is 7.30. The summed E-state index contributed by atoms with van der Waals surface area (Å²) in [6.45, 7) is 1.15. The number of nitrogens with one attached hydrogen (secondary N) is 1. The summed E-state index contributed by atoms with van der Waals surface area (Å²) in [5.74, 6) is -1.03. The van der Waals surface area contributed by atoms with E-state index in [1.165, 1.54) is 33.8 Å². The summed E-state index contributed by atoms with van der Waals surface area (Å²) in [7, 11) is -3.92. The minimum atomic E-state index is -3.92. The molecule has 3 rings (SSSR count). The van der Waals surface area contributed by atoms with Gasteiger partial charge in [0.2, 0.25) is 15.9 Å². The zero-order chi connectivity index (χ0) is 20.9. The average Bonchev–Trinajstić information content (AvgIpc) is 3.26. The predicted octanol–water partition coefficient (Wildman–Crippen LogP) is 1.93. The van der Waals surface area contributed by atoms with E-state index in [9.17, 15) is 22.4 Å². The van der Waals surface area contributed by atoms with E-state index < -0.39 is 15.8 Å². The minimum Gasteiger partial charge on any atom is -0.352 e. The molecule has 0 unspecified atom stereocenters. The van der Waals surface area contributed by atoms with Crippen molar-refractivity contribution in [3.8, 4) is 0 Å². The molecule has 2 heterocycles. The maximum Gasteiger partial charge on any atom is 0.252 e. The highest BCUT2D eigenvalue weighted by Crippen LogP contribution is 2.20. The van der Waals surface area contributed by atoms with E-state index in [2.05, 4.69) is 5.32 Å². The average molecular weight is 440 g/mol. The number of thiophene rings is 1. The Bertz CT molecular complexity index is 956. The van der Waals surface area contributed by atoms with Crippen LogP contribution in [-0.2, 0) is 14.8 Å². The van der Waals surface area contributed by atoms with E-state index in [0.717, 1.165) is 6.07 Å². The lowest BCUT2D eigenvalue weighted by atomic mass is 10.2. The van der Waals surface area contributed by atoms with Crippen molar-refractivity contribution in [3.63, 3.8) is 0 Å². The van der Waals surface area contributed by atoms with Crippen LogP contribution in [-0.4, -0.2) is 62.2 Å². The van der Waals surface area contributed by atoms with Crippen LogP contribution in [0.5, 0.6) is 0 Å². The van der Waals surface area contributed by atoms with Gasteiger partial charge >= 0.3 is 0 Å². The van der Waals surface area contributed by atoms with Crippen LogP contribution in [0.3, 0.4) is 0 Å². The molecule has 1 fully saturated rings. The zero-order valence-corrected chi connectivity index (χ0v) is 17.3. The standard InChI is InChI=1S/C19H22FN3O4S2/c20-16-4-1-2-5-17(16)29(26,27)23-11-9-22(10-12-23)18(24)6-3-8-21-19(25)15-7-13-28-14-15/h1-2,4-5,7,13-14H,3,6,8-12H2,(H,21,25). The van der Waals surface area contributed by atoms with E-state index >= 15 is 0 Å². The van der Waals surface area contributed by atoms with E-state index in [4.69, 9.17) is 0 Å². The number of hydrogen-bond donors (Lipinski definition) is 1. The van der Waals surface area contributed by atoms with Crippen LogP contribution >= 0.6 is 11.3 Å². The predicted molar refractivity (Wildman–Crippen MR) is 108 cm³/mol. The number of benzene rings is 1. The van der Waals surface area contributed by atoms with Gasteiger partial charge in [0.05, 0.1) is 0 Å². The normalized spacial score (nSPS) is 15.3. The molecule has 29 heavy (non-hydrogen) atoms. The molecular formula is C19H22FN3O4S2. The van der Waals surface area contributed by atoms with Gasteiger partial charge in [-0.1, -0.05) is 12.1 Å². The summed E-state index contributed by atoms with van der Waals surface area (Å²) in [5, 5.41) is 6.35. The smallest absolute Gasteiger partial charge is 0.252 e. The summed E-state index contributed by atoms with van der Waals surface area (Å²) < 4.78 is 40.3. The van der Waals surface area contributed by atoms with Gasteiger partial charge in [-0.2, -0.15) is 15.6 Å². The van der Waals surface area contributed by atoms with Crippen LogP contribution in [0.4, 0.5) is 4.39 Å². The summed E-state index contributed by atoms with van der Waals surface area (Å²) in [6, 6.07) is 7.01. The lowest BCUT2D eigenvalue weighted by Gasteiger charge is -2.34. The number of piperazine rings is 1. The number of carbonyl (C=O) groups excluding carboxylic acids is 2. The highest BCUT2D eigenvalue weighted by molar-refractivity contribution is 7.89. The van der Waals surface area contributed by atoms with Crippen LogP contribution in [0.15, 0.2) is 46.0 Å². The molecule has 1 aromatic carbocycles. The zero-order valence-electron chi connectivity index (χ0n) is 15.7. The minimum absolute atomic E-state index is 0.0854. The molecule has 0 atom stereocenters. The van der Waals surface area contributed by atoms with E-state index in [1.54, 1.807) is 16.3 Å². The number of carbonyl (C=O) groups is 2. The van der Waals surface area contributed by atoms with Gasteiger partial charge in [-0.05, 0) is 30.0 Å². The number of nitrogens with zero attached hydrogens (tertiary/aromatic N) is 2. The van der Waals surface area contributed by atoms with Crippen molar-refractivity contribution in [3.05, 3.63) is 52.5 Å². The number of rotatable bonds is 7. The Morgan fingerprint density at radius 3 is 2.48 bits per heavy atom. The first-order chi connectivity index (χ1) is 13.9. The summed E-state index contributed by atoms with van der Waals surface area (Å²) in [5.41, 5.74) is 0.605. The van der Waals surface area contributed by atoms with Crippen LogP contribution < -0.4 is 5.32 Å². The van der Waals surface area contributed by atoms with Gasteiger partial charge in [-0.15, -0.1) is 0 Å². The van der Waals surface area contributed by atoms with Crippen LogP contribution in [0, 0.1) is 5.82 Å². The van der Waals surface area contributed by atoms with Crippen LogP contribution in [0.2, 0.25) is 0 Å². The largest absolute Gasteiger partial charge is 0.352 e. The first-order valence-electron chi connectivity index (χ1n) is 9.22. The van der Waals surface area contributed by atoms with Gasteiger partial charge in [-0.3, -0.25) is 9.59 Å². The van der Waals surface area contributed by atoms with Gasteiger partial charge in [0.25, 0.3) is 5.91 Å². The second kappa shape index (κ2) is 9.47. The topological polar surface area (TPSA) is 86.8 Å². The van der Waals surface area contributed by atoms with Gasteiger partial charge in [-0.25, -0.2) is 12.8 Å². The lowest BCUT2D eigenvalue weighted by molar-refractivity contribution is -0.132. The molecule has 7 nitrogen and oxygen atoms in total. The molecule has 1 aliphatic rings. The summed E-state index contributed by atoms with van der Waals surface area (Å²) in [6.07, 6.45) is 0.770. The molecule has 2 aromatic rings. The third kappa shape index (κ3) is 5.20. The molecule has 156 valence electrons. The van der Waals surface area contributed by atoms with Crippen molar-refractivity contribution in [1.82, 2.24) is 14.5 Å². The highest BCUT2D eigenvalue weighted by atomic mass is 32.2. The third-order valence-electron chi connectivity index (χ3n) is 4.68. The summed E-state index contributed by atoms with van der Waals surface area (Å²) in [4.78, 5) is 25.4. The molecule has 0 aliphatic carbocycles. The van der Waals surface area contributed by atoms with Gasteiger partial charge < -0.3 is 10.2 Å². The van der Waals surface area contributed by atoms with E-state index in [-0.39, 0.29) is 49.3 Å². The molecule has 1 aliphatic heterocycles. The summed E-state index contributed by atoms with van der Waals surface area (Å²) >= 11 is 1.44. The number of halogens is 1. The van der Waals surface area contributed by atoms with Crippen LogP contribution in [0.25, 0.3) is 0 Å². The molecule has 0 radical (unpaired) electrons. The Labute approximate surface area is 173 Å². The molecule has 1 aromatic heterocycles. The van der Waals surface area contributed by atoms with Crippen molar-refractivity contribution in [2.45, 2.75) is 17.7 Å². The lowest BCUT2D eigenvalue weighted by Crippen LogP contribution is -2.50. The fourth-order valence-corrected chi connectivity index (χ4v) is 5.19. The van der Waals surface area contributed by atoms with Crippen molar-refractivity contribution in [2.24, 2.45) is 0 Å². The van der Waals surface area contributed by atoms with Gasteiger partial charge in [0.1, 0.15) is 10.7 Å². The Kier molecular flexibility index (Phi) is 6.99. The van der Waals surface area contributed by atoms with Crippen molar-refractivity contribution >= 4 is 33.2 Å². The SMILES string of the molecule is O=C(NCCCC(=O)N1CCN(S(=O)(=O)c2ccccc2F)CC1)c1ccsc1. The number of sulfonamides is 1. The molecule has 0 saturated carbocycles. The van der Waals surface area contributed by atoms with Gasteiger partial charge in [0.15, 0.2) is 0 Å². The van der Waals surface area contributed by atoms with Crippen LogP contribution in [0.1, 0.15) is 23.2 Å². The Morgan fingerprint density at radius 2 is 1.83 bits per heavy atom. The maximum absolute atomic E-state index is 13.9. The highest BCUT2D eigenvalue weighted by Gasteiger charge is 2.31. The molecule has 1 saturated heterocycles. The van der Waals surface area contributed by atoms with Crippen molar-refractivity contribution < 1.29 is 22.4 Å².